The smallest absolute Gasteiger partial charge is 0.245 e. The number of carbonyl (C=O) groups is 2. The zero-order chi connectivity index (χ0) is 16.4. The quantitative estimate of drug-likeness (QED) is 0.780. The summed E-state index contributed by atoms with van der Waals surface area (Å²) in [5.41, 5.74) is 6.47. The van der Waals surface area contributed by atoms with Crippen molar-refractivity contribution < 1.29 is 9.59 Å². The Hall–Kier alpha value is -1.32. The van der Waals surface area contributed by atoms with Gasteiger partial charge < -0.3 is 11.1 Å². The van der Waals surface area contributed by atoms with E-state index in [-0.39, 0.29) is 17.4 Å². The summed E-state index contributed by atoms with van der Waals surface area (Å²) >= 11 is 0. The molecule has 4 nitrogen and oxygen atoms in total. The maximum atomic E-state index is 12.1. The number of nitrogens with one attached hydrogen (secondary N) is 1. The van der Waals surface area contributed by atoms with Crippen LogP contribution in [-0.4, -0.2) is 17.9 Å². The van der Waals surface area contributed by atoms with E-state index in [9.17, 15) is 9.59 Å². The van der Waals surface area contributed by atoms with E-state index in [1.807, 2.05) is 0 Å². The molecule has 3 N–H and O–H groups in total. The van der Waals surface area contributed by atoms with Gasteiger partial charge in [0, 0.05) is 23.1 Å². The Labute approximate surface area is 138 Å². The Morgan fingerprint density at radius 1 is 1.17 bits per heavy atom. The second-order valence-corrected chi connectivity index (χ2v) is 8.81. The Morgan fingerprint density at radius 2 is 1.96 bits per heavy atom. The highest BCUT2D eigenvalue weighted by Gasteiger charge is 2.59. The molecule has 3 fully saturated rings. The predicted octanol–water partition coefficient (Wildman–Crippen LogP) is 2.53. The maximum Gasteiger partial charge on any atom is 0.245 e. The minimum absolute atomic E-state index is 0.0644. The molecular formula is C19H28N2O2. The molecule has 3 saturated carbocycles. The minimum atomic E-state index is -0.409. The molecule has 2 amide bonds. The molecule has 4 rings (SSSR count). The van der Waals surface area contributed by atoms with Crippen molar-refractivity contribution in [2.45, 2.75) is 64.8 Å². The first kappa shape index (κ1) is 15.2. The van der Waals surface area contributed by atoms with Gasteiger partial charge in [0.2, 0.25) is 11.8 Å². The lowest BCUT2D eigenvalue weighted by molar-refractivity contribution is -0.127. The molecule has 0 aromatic heterocycles. The normalized spacial score (nSPS) is 48.6. The van der Waals surface area contributed by atoms with E-state index in [0.717, 1.165) is 18.8 Å². The SMILES string of the molecule is C[C@@]12CCC[C@H]1[C@@H]1CCC3NC(=O)C=C(C(N)=O)[C@]3(C)[C@H]1CC2. The molecule has 0 radical (unpaired) electrons. The molecule has 23 heavy (non-hydrogen) atoms. The van der Waals surface area contributed by atoms with Crippen LogP contribution in [0.4, 0.5) is 0 Å². The van der Waals surface area contributed by atoms with E-state index in [2.05, 4.69) is 19.2 Å². The van der Waals surface area contributed by atoms with Crippen molar-refractivity contribution in [1.29, 1.82) is 0 Å². The van der Waals surface area contributed by atoms with Crippen molar-refractivity contribution in [1.82, 2.24) is 5.32 Å². The molecule has 6 atom stereocenters. The molecule has 1 heterocycles. The van der Waals surface area contributed by atoms with Gasteiger partial charge in [-0.05, 0) is 61.7 Å². The van der Waals surface area contributed by atoms with Crippen LogP contribution in [0.5, 0.6) is 0 Å². The van der Waals surface area contributed by atoms with Crippen molar-refractivity contribution in [2.75, 3.05) is 0 Å². The Balaban J connectivity index is 1.76. The lowest BCUT2D eigenvalue weighted by atomic mass is 9.47. The largest absolute Gasteiger partial charge is 0.366 e. The topological polar surface area (TPSA) is 72.2 Å². The lowest BCUT2D eigenvalue weighted by Crippen LogP contribution is -2.62. The zero-order valence-electron chi connectivity index (χ0n) is 14.2. The van der Waals surface area contributed by atoms with E-state index < -0.39 is 5.91 Å². The third-order valence-electron chi connectivity index (χ3n) is 7.94. The van der Waals surface area contributed by atoms with Gasteiger partial charge in [-0.25, -0.2) is 0 Å². The van der Waals surface area contributed by atoms with Gasteiger partial charge in [0.1, 0.15) is 0 Å². The molecule has 4 heteroatoms. The van der Waals surface area contributed by atoms with Gasteiger partial charge in [0.25, 0.3) is 0 Å². The first-order valence-electron chi connectivity index (χ1n) is 9.19. The first-order valence-corrected chi connectivity index (χ1v) is 9.19. The van der Waals surface area contributed by atoms with Crippen LogP contribution < -0.4 is 11.1 Å². The molecule has 0 aromatic carbocycles. The van der Waals surface area contributed by atoms with Gasteiger partial charge in [-0.15, -0.1) is 0 Å². The number of rotatable bonds is 1. The maximum absolute atomic E-state index is 12.1. The number of hydrogen-bond donors (Lipinski definition) is 2. The summed E-state index contributed by atoms with van der Waals surface area (Å²) in [5, 5.41) is 3.12. The van der Waals surface area contributed by atoms with E-state index in [4.69, 9.17) is 5.73 Å². The van der Waals surface area contributed by atoms with Crippen molar-refractivity contribution in [3.63, 3.8) is 0 Å². The molecule has 126 valence electrons. The molecule has 0 spiro atoms. The van der Waals surface area contributed by atoms with Crippen molar-refractivity contribution in [3.05, 3.63) is 11.6 Å². The van der Waals surface area contributed by atoms with Crippen molar-refractivity contribution in [2.24, 2.45) is 34.3 Å². The second-order valence-electron chi connectivity index (χ2n) is 8.81. The Bertz CT molecular complexity index is 598. The predicted molar refractivity (Wildman–Crippen MR) is 88.2 cm³/mol. The second kappa shape index (κ2) is 4.84. The third-order valence-corrected chi connectivity index (χ3v) is 7.94. The summed E-state index contributed by atoms with van der Waals surface area (Å²) in [7, 11) is 0. The van der Waals surface area contributed by atoms with E-state index in [1.54, 1.807) is 0 Å². The highest BCUT2D eigenvalue weighted by atomic mass is 16.2. The van der Waals surface area contributed by atoms with Gasteiger partial charge in [-0.3, -0.25) is 9.59 Å². The summed E-state index contributed by atoms with van der Waals surface area (Å²) in [5.74, 6) is 1.37. The molecule has 0 bridgehead atoms. The number of amides is 2. The number of hydrogen-bond acceptors (Lipinski definition) is 2. The Morgan fingerprint density at radius 3 is 2.70 bits per heavy atom. The van der Waals surface area contributed by atoms with Gasteiger partial charge in [0.05, 0.1) is 0 Å². The van der Waals surface area contributed by atoms with Crippen LogP contribution in [0.1, 0.15) is 58.8 Å². The van der Waals surface area contributed by atoms with E-state index in [1.165, 1.54) is 38.2 Å². The van der Waals surface area contributed by atoms with Crippen molar-refractivity contribution >= 4 is 11.8 Å². The van der Waals surface area contributed by atoms with Gasteiger partial charge in [0.15, 0.2) is 0 Å². The molecule has 0 aromatic rings. The summed E-state index contributed by atoms with van der Waals surface area (Å²) < 4.78 is 0. The van der Waals surface area contributed by atoms with Crippen LogP contribution in [0.2, 0.25) is 0 Å². The Kier molecular flexibility index (Phi) is 3.20. The number of carbonyl (C=O) groups excluding carboxylic acids is 2. The van der Waals surface area contributed by atoms with Crippen LogP contribution in [0.3, 0.4) is 0 Å². The fourth-order valence-electron chi connectivity index (χ4n) is 6.79. The van der Waals surface area contributed by atoms with E-state index >= 15 is 0 Å². The molecule has 4 aliphatic rings. The summed E-state index contributed by atoms with van der Waals surface area (Å²) in [6, 6.07) is 0.0644. The first-order chi connectivity index (χ1) is 10.9. The minimum Gasteiger partial charge on any atom is -0.366 e. The molecular weight excluding hydrogens is 288 g/mol. The molecule has 1 aliphatic heterocycles. The van der Waals surface area contributed by atoms with Crippen LogP contribution in [0.25, 0.3) is 0 Å². The molecule has 3 aliphatic carbocycles. The van der Waals surface area contributed by atoms with Gasteiger partial charge in [-0.1, -0.05) is 20.3 Å². The van der Waals surface area contributed by atoms with Crippen LogP contribution >= 0.6 is 0 Å². The average Bonchev–Trinajstić information content (AvgIpc) is 2.88. The summed E-state index contributed by atoms with van der Waals surface area (Å²) in [6.45, 7) is 4.66. The molecule has 0 saturated heterocycles. The number of primary amides is 1. The molecule has 1 unspecified atom stereocenters. The monoisotopic (exact) mass is 316 g/mol. The van der Waals surface area contributed by atoms with Crippen LogP contribution in [-0.2, 0) is 9.59 Å². The summed E-state index contributed by atoms with van der Waals surface area (Å²) in [6.07, 6.45) is 10.1. The van der Waals surface area contributed by atoms with Crippen LogP contribution in [0.15, 0.2) is 11.6 Å². The average molecular weight is 316 g/mol. The number of fused-ring (bicyclic) bond motifs is 5. The van der Waals surface area contributed by atoms with Crippen molar-refractivity contribution in [3.8, 4) is 0 Å². The summed E-state index contributed by atoms with van der Waals surface area (Å²) in [4.78, 5) is 24.1. The highest BCUT2D eigenvalue weighted by Crippen LogP contribution is 2.64. The fourth-order valence-corrected chi connectivity index (χ4v) is 6.79. The van der Waals surface area contributed by atoms with Gasteiger partial charge >= 0.3 is 0 Å². The standard InChI is InChI=1S/C19H28N2O2/c1-18-8-3-4-12(18)11-5-6-15-19(2,13(11)7-9-18)14(17(20)23)10-16(22)21-15/h10-13,15H,3-9H2,1-2H3,(H2,20,23)(H,21,22)/t11-,12-,13-,15?,18-,19-/m0/s1. The van der Waals surface area contributed by atoms with E-state index in [0.29, 0.717) is 22.8 Å². The zero-order valence-corrected chi connectivity index (χ0v) is 14.2. The highest BCUT2D eigenvalue weighted by molar-refractivity contribution is 6.03. The third kappa shape index (κ3) is 1.96. The van der Waals surface area contributed by atoms with Crippen LogP contribution in [0, 0.1) is 28.6 Å². The fraction of sp³-hybridized carbons (Fsp3) is 0.789. The van der Waals surface area contributed by atoms with Gasteiger partial charge in [-0.2, -0.15) is 0 Å². The lowest BCUT2D eigenvalue weighted by Gasteiger charge is -2.59. The number of nitrogens with two attached hydrogens (primary N) is 1.